The van der Waals surface area contributed by atoms with Crippen LogP contribution in [0.1, 0.15) is 41.3 Å². The zero-order valence-electron chi connectivity index (χ0n) is 25.1. The fraction of sp³-hybridized carbons (Fsp3) is 0.355. The normalized spacial score (nSPS) is 15.6. The van der Waals surface area contributed by atoms with Crippen LogP contribution in [0.25, 0.3) is 17.3 Å². The Labute approximate surface area is 269 Å². The maximum absolute atomic E-state index is 13.3. The number of rotatable bonds is 9. The Morgan fingerprint density at radius 1 is 0.979 bits per heavy atom. The van der Waals surface area contributed by atoms with Gasteiger partial charge in [-0.15, -0.1) is 10.2 Å². The number of carbonyl (C=O) groups is 2. The SMILES string of the molecule is COc1ccccc1-n1c(SCCCC(=O)N2CCN(C(=O)c3cc(C(F)(F)F)cc(C(F)(F)F)c3)C(C)C2)nnc1-c1ccco1. The summed E-state index contributed by atoms with van der Waals surface area (Å²) in [5.41, 5.74) is -3.14. The number of methoxy groups -OCH3 is 1. The van der Waals surface area contributed by atoms with Crippen molar-refractivity contribution in [1.29, 1.82) is 0 Å². The van der Waals surface area contributed by atoms with E-state index in [1.54, 1.807) is 31.1 Å². The molecule has 0 saturated carbocycles. The van der Waals surface area contributed by atoms with Gasteiger partial charge < -0.3 is 19.0 Å². The van der Waals surface area contributed by atoms with Gasteiger partial charge in [0.15, 0.2) is 10.9 Å². The Balaban J connectivity index is 1.20. The molecule has 0 aliphatic carbocycles. The molecule has 47 heavy (non-hydrogen) atoms. The molecule has 2 aromatic heterocycles. The minimum atomic E-state index is -5.07. The molecule has 2 amide bonds. The van der Waals surface area contributed by atoms with E-state index in [4.69, 9.17) is 9.15 Å². The first-order valence-corrected chi connectivity index (χ1v) is 15.4. The van der Waals surface area contributed by atoms with E-state index in [-0.39, 0.29) is 38.0 Å². The molecule has 1 fully saturated rings. The number of amides is 2. The highest BCUT2D eigenvalue weighted by atomic mass is 32.2. The largest absolute Gasteiger partial charge is 0.495 e. The lowest BCUT2D eigenvalue weighted by molar-refractivity contribution is -0.143. The van der Waals surface area contributed by atoms with Crippen molar-refractivity contribution in [2.24, 2.45) is 0 Å². The molecule has 0 radical (unpaired) electrons. The third kappa shape index (κ3) is 7.58. The number of carbonyl (C=O) groups excluding carboxylic acids is 2. The van der Waals surface area contributed by atoms with E-state index in [1.807, 2.05) is 28.8 Å². The monoisotopic (exact) mass is 681 g/mol. The van der Waals surface area contributed by atoms with Crippen LogP contribution in [-0.2, 0) is 17.1 Å². The topological polar surface area (TPSA) is 93.7 Å². The lowest BCUT2D eigenvalue weighted by Crippen LogP contribution is -2.55. The van der Waals surface area contributed by atoms with Crippen molar-refractivity contribution in [3.05, 3.63) is 77.6 Å². The second-order valence-electron chi connectivity index (χ2n) is 10.7. The van der Waals surface area contributed by atoms with Crippen LogP contribution >= 0.6 is 11.8 Å². The number of benzene rings is 2. The molecule has 5 rings (SSSR count). The summed E-state index contributed by atoms with van der Waals surface area (Å²) in [4.78, 5) is 28.9. The van der Waals surface area contributed by atoms with E-state index in [2.05, 4.69) is 10.2 Å². The van der Waals surface area contributed by atoms with Crippen molar-refractivity contribution in [1.82, 2.24) is 24.6 Å². The second-order valence-corrected chi connectivity index (χ2v) is 11.8. The Bertz CT molecular complexity index is 1690. The molecule has 0 spiro atoms. The summed E-state index contributed by atoms with van der Waals surface area (Å²) in [6, 6.07) is 11.0. The van der Waals surface area contributed by atoms with E-state index in [9.17, 15) is 35.9 Å². The van der Waals surface area contributed by atoms with Crippen LogP contribution in [0.2, 0.25) is 0 Å². The summed E-state index contributed by atoms with van der Waals surface area (Å²) in [6.45, 7) is 1.71. The third-order valence-corrected chi connectivity index (χ3v) is 8.56. The molecule has 1 saturated heterocycles. The van der Waals surface area contributed by atoms with Crippen LogP contribution in [0.5, 0.6) is 5.75 Å². The Kier molecular flexibility index (Phi) is 9.89. The van der Waals surface area contributed by atoms with Gasteiger partial charge in [-0.3, -0.25) is 14.2 Å². The van der Waals surface area contributed by atoms with Gasteiger partial charge in [0.2, 0.25) is 11.7 Å². The molecule has 1 aliphatic heterocycles. The minimum absolute atomic E-state index is 0.0184. The summed E-state index contributed by atoms with van der Waals surface area (Å²) in [6.07, 6.45) is -7.98. The smallest absolute Gasteiger partial charge is 0.416 e. The molecule has 250 valence electrons. The van der Waals surface area contributed by atoms with Gasteiger partial charge in [-0.05, 0) is 55.8 Å². The number of alkyl halides is 6. The van der Waals surface area contributed by atoms with Crippen LogP contribution in [-0.4, -0.2) is 74.9 Å². The van der Waals surface area contributed by atoms with Gasteiger partial charge in [-0.25, -0.2) is 0 Å². The number of furan rings is 1. The number of piperazine rings is 1. The molecular weight excluding hydrogens is 652 g/mol. The first-order chi connectivity index (χ1) is 22.3. The lowest BCUT2D eigenvalue weighted by atomic mass is 10.0. The number of hydrogen-bond acceptors (Lipinski definition) is 7. The van der Waals surface area contributed by atoms with Crippen molar-refractivity contribution in [2.75, 3.05) is 32.5 Å². The van der Waals surface area contributed by atoms with Gasteiger partial charge >= 0.3 is 12.4 Å². The van der Waals surface area contributed by atoms with Gasteiger partial charge in [0.25, 0.3) is 5.91 Å². The molecule has 1 unspecified atom stereocenters. The van der Waals surface area contributed by atoms with Gasteiger partial charge in [-0.1, -0.05) is 23.9 Å². The van der Waals surface area contributed by atoms with Crippen molar-refractivity contribution >= 4 is 23.6 Å². The van der Waals surface area contributed by atoms with Crippen LogP contribution in [0.4, 0.5) is 26.3 Å². The fourth-order valence-electron chi connectivity index (χ4n) is 5.24. The van der Waals surface area contributed by atoms with Crippen molar-refractivity contribution < 1.29 is 45.1 Å². The molecule has 0 N–H and O–H groups in total. The highest BCUT2D eigenvalue weighted by Crippen LogP contribution is 2.37. The predicted molar refractivity (Wildman–Crippen MR) is 159 cm³/mol. The van der Waals surface area contributed by atoms with Gasteiger partial charge in [0.1, 0.15) is 5.75 Å². The highest BCUT2D eigenvalue weighted by Gasteiger charge is 2.39. The number of thioether (sulfide) groups is 1. The van der Waals surface area contributed by atoms with E-state index in [1.165, 1.54) is 22.9 Å². The number of aromatic nitrogens is 3. The standard InChI is InChI=1S/C31H29F6N5O4S/c1-19-18-40(11-12-41(19)28(44)20-15-21(30(32,33)34)17-22(16-20)31(35,36)37)26(43)10-6-14-47-29-39-38-27(25-9-5-13-46-25)42(29)23-7-3-4-8-24(23)45-2/h3-5,7-9,13,15-17,19H,6,10-12,14,18H2,1-2H3. The first-order valence-electron chi connectivity index (χ1n) is 14.4. The number of halogens is 6. The predicted octanol–water partition coefficient (Wildman–Crippen LogP) is 6.82. The maximum atomic E-state index is 13.3. The zero-order valence-corrected chi connectivity index (χ0v) is 26.0. The van der Waals surface area contributed by atoms with E-state index >= 15 is 0 Å². The van der Waals surface area contributed by atoms with Crippen LogP contribution in [0.3, 0.4) is 0 Å². The van der Waals surface area contributed by atoms with Gasteiger partial charge in [0, 0.05) is 43.4 Å². The highest BCUT2D eigenvalue weighted by molar-refractivity contribution is 7.99. The summed E-state index contributed by atoms with van der Waals surface area (Å²) < 4.78 is 92.8. The van der Waals surface area contributed by atoms with Crippen molar-refractivity contribution in [2.45, 2.75) is 43.3 Å². The third-order valence-electron chi connectivity index (χ3n) is 7.54. The molecule has 1 atom stereocenters. The number of nitrogens with zero attached hydrogens (tertiary/aromatic N) is 5. The number of para-hydroxylation sites is 2. The van der Waals surface area contributed by atoms with Crippen molar-refractivity contribution in [3.8, 4) is 23.0 Å². The first kappa shape index (κ1) is 33.9. The molecule has 2 aromatic carbocycles. The summed E-state index contributed by atoms with van der Waals surface area (Å²) in [5, 5.41) is 9.19. The molecule has 0 bridgehead atoms. The van der Waals surface area contributed by atoms with Crippen LogP contribution < -0.4 is 4.74 Å². The van der Waals surface area contributed by atoms with Crippen molar-refractivity contribution in [3.63, 3.8) is 0 Å². The lowest BCUT2D eigenvalue weighted by Gasteiger charge is -2.40. The summed E-state index contributed by atoms with van der Waals surface area (Å²) >= 11 is 1.38. The van der Waals surface area contributed by atoms with Crippen LogP contribution in [0.15, 0.2) is 70.4 Å². The van der Waals surface area contributed by atoms with Gasteiger partial charge in [0.05, 0.1) is 30.2 Å². The molecule has 4 aromatic rings. The Morgan fingerprint density at radius 3 is 2.30 bits per heavy atom. The fourth-order valence-corrected chi connectivity index (χ4v) is 6.12. The average Bonchev–Trinajstić information content (AvgIpc) is 3.72. The quantitative estimate of drug-likeness (QED) is 0.109. The zero-order chi connectivity index (χ0) is 33.9. The van der Waals surface area contributed by atoms with E-state index < -0.39 is 41.0 Å². The number of hydrogen-bond donors (Lipinski definition) is 0. The second kappa shape index (κ2) is 13.7. The maximum Gasteiger partial charge on any atom is 0.416 e. The average molecular weight is 682 g/mol. The molecule has 9 nitrogen and oxygen atoms in total. The molecule has 1 aliphatic rings. The molecule has 16 heteroatoms. The summed E-state index contributed by atoms with van der Waals surface area (Å²) in [5.74, 6) is 0.918. The number of ether oxygens (including phenoxy) is 1. The molecule has 3 heterocycles. The van der Waals surface area contributed by atoms with Crippen LogP contribution in [0, 0.1) is 0 Å². The Morgan fingerprint density at radius 2 is 1.68 bits per heavy atom. The molecular formula is C31H29F6N5O4S. The minimum Gasteiger partial charge on any atom is -0.495 e. The van der Waals surface area contributed by atoms with E-state index in [0.29, 0.717) is 52.5 Å². The summed E-state index contributed by atoms with van der Waals surface area (Å²) in [7, 11) is 1.56. The Hall–Kier alpha value is -4.47. The van der Waals surface area contributed by atoms with Gasteiger partial charge in [-0.2, -0.15) is 26.3 Å². The van der Waals surface area contributed by atoms with E-state index in [0.717, 1.165) is 0 Å².